The van der Waals surface area contributed by atoms with Crippen LogP contribution in [-0.4, -0.2) is 23.1 Å². The fourth-order valence-corrected chi connectivity index (χ4v) is 4.49. The van der Waals surface area contributed by atoms with E-state index in [4.69, 9.17) is 9.84 Å². The van der Waals surface area contributed by atoms with Gasteiger partial charge >= 0.3 is 11.9 Å². The lowest BCUT2D eigenvalue weighted by Gasteiger charge is -2.11. The molecule has 0 saturated carbocycles. The average molecular weight is 533 g/mol. The van der Waals surface area contributed by atoms with E-state index < -0.39 is 5.97 Å². The van der Waals surface area contributed by atoms with Crippen LogP contribution >= 0.6 is 0 Å². The lowest BCUT2D eigenvalue weighted by Crippen LogP contribution is -2.13. The van der Waals surface area contributed by atoms with Gasteiger partial charge < -0.3 is 9.84 Å². The molecule has 0 heterocycles. The highest BCUT2D eigenvalue weighted by molar-refractivity contribution is 5.69. The molecule has 1 N–H and O–H groups in total. The molecule has 0 rings (SSSR count). The number of unbranched alkanes of at least 4 members (excludes halogenated alkanes) is 17. The quantitative estimate of drug-likeness (QED) is 0.0618. The van der Waals surface area contributed by atoms with Crippen molar-refractivity contribution in [1.29, 1.82) is 0 Å². The first-order valence-electron chi connectivity index (χ1n) is 16.0. The summed E-state index contributed by atoms with van der Waals surface area (Å²) >= 11 is 0. The van der Waals surface area contributed by atoms with Crippen molar-refractivity contribution in [2.45, 2.75) is 168 Å². The molecule has 38 heavy (non-hydrogen) atoms. The van der Waals surface area contributed by atoms with Gasteiger partial charge in [0.1, 0.15) is 6.10 Å². The summed E-state index contributed by atoms with van der Waals surface area (Å²) in [7, 11) is 0. The Morgan fingerprint density at radius 2 is 1.11 bits per heavy atom. The van der Waals surface area contributed by atoms with Crippen molar-refractivity contribution in [3.8, 4) is 0 Å². The highest BCUT2D eigenvalue weighted by Gasteiger charge is 2.08. The fraction of sp³-hybridized carbons (Fsp3) is 0.765. The zero-order valence-electron chi connectivity index (χ0n) is 25.0. The number of esters is 1. The Morgan fingerprint density at radius 3 is 1.66 bits per heavy atom. The normalized spacial score (nSPS) is 12.7. The van der Waals surface area contributed by atoms with Crippen molar-refractivity contribution in [2.75, 3.05) is 0 Å². The van der Waals surface area contributed by atoms with E-state index in [0.717, 1.165) is 64.2 Å². The summed E-state index contributed by atoms with van der Waals surface area (Å²) in [6, 6.07) is 0. The minimum atomic E-state index is -0.708. The predicted octanol–water partition coefficient (Wildman–Crippen LogP) is 10.7. The van der Waals surface area contributed by atoms with E-state index in [1.54, 1.807) is 0 Å². The van der Waals surface area contributed by atoms with E-state index in [1.165, 1.54) is 70.6 Å². The van der Waals surface area contributed by atoms with Gasteiger partial charge in [-0.05, 0) is 50.7 Å². The maximum atomic E-state index is 12.4. The van der Waals surface area contributed by atoms with Crippen LogP contribution in [0.3, 0.4) is 0 Å². The topological polar surface area (TPSA) is 63.6 Å². The van der Waals surface area contributed by atoms with Gasteiger partial charge in [-0.2, -0.15) is 0 Å². The summed E-state index contributed by atoms with van der Waals surface area (Å²) in [6.45, 7) is 4.39. The lowest BCUT2D eigenvalue weighted by molar-refractivity contribution is -0.145. The van der Waals surface area contributed by atoms with Crippen LogP contribution < -0.4 is 0 Å². The van der Waals surface area contributed by atoms with E-state index >= 15 is 0 Å². The number of carbonyl (C=O) groups excluding carboxylic acids is 1. The molecule has 0 aliphatic rings. The van der Waals surface area contributed by atoms with Crippen LogP contribution in [0, 0.1) is 0 Å². The number of aliphatic carboxylic acids is 1. The molecule has 0 radical (unpaired) electrons. The monoisotopic (exact) mass is 532 g/mol. The summed E-state index contributed by atoms with van der Waals surface area (Å²) in [5.41, 5.74) is 0. The Morgan fingerprint density at radius 1 is 0.605 bits per heavy atom. The van der Waals surface area contributed by atoms with Crippen LogP contribution in [0.25, 0.3) is 0 Å². The van der Waals surface area contributed by atoms with Crippen molar-refractivity contribution in [1.82, 2.24) is 0 Å². The molecule has 0 aromatic rings. The van der Waals surface area contributed by atoms with Crippen LogP contribution in [0.15, 0.2) is 36.5 Å². The van der Waals surface area contributed by atoms with Gasteiger partial charge in [-0.15, -0.1) is 0 Å². The summed E-state index contributed by atoms with van der Waals surface area (Å²) < 4.78 is 5.75. The number of hydrogen-bond acceptors (Lipinski definition) is 3. The molecule has 0 saturated heterocycles. The number of ether oxygens (including phenoxy) is 1. The zero-order chi connectivity index (χ0) is 27.9. The molecule has 0 amide bonds. The van der Waals surface area contributed by atoms with Crippen molar-refractivity contribution >= 4 is 11.9 Å². The standard InChI is InChI=1S/C34H60O4/c1-3-5-7-9-10-11-12-13-14-15-19-23-27-31-34(37)38-32(28-24-20-8-6-4-2)29-25-21-17-16-18-22-26-30-33(35)36/h6,8,24-25,28-29,32H,3-5,7,9-23,26-27,30-31H2,1-2H3,(H,35,36)/b8-6-,28-24-,29-25-/t32-/m0/s1. The Labute approximate surface area is 235 Å². The van der Waals surface area contributed by atoms with E-state index in [0.29, 0.717) is 6.42 Å². The van der Waals surface area contributed by atoms with Crippen molar-refractivity contribution in [2.24, 2.45) is 0 Å². The second-order valence-electron chi connectivity index (χ2n) is 10.6. The fourth-order valence-electron chi connectivity index (χ4n) is 4.49. The number of hydrogen-bond donors (Lipinski definition) is 1. The van der Waals surface area contributed by atoms with Crippen LogP contribution in [0.5, 0.6) is 0 Å². The molecule has 0 aliphatic heterocycles. The summed E-state index contributed by atoms with van der Waals surface area (Å²) in [5, 5.41) is 8.69. The van der Waals surface area contributed by atoms with E-state index in [1.807, 2.05) is 12.2 Å². The largest absolute Gasteiger partial charge is 0.481 e. The minimum absolute atomic E-state index is 0.102. The Hall–Kier alpha value is -1.84. The van der Waals surface area contributed by atoms with Gasteiger partial charge in [-0.3, -0.25) is 9.59 Å². The van der Waals surface area contributed by atoms with Crippen LogP contribution in [-0.2, 0) is 14.3 Å². The number of rotatable bonds is 28. The third-order valence-electron chi connectivity index (χ3n) is 6.84. The molecule has 0 aliphatic carbocycles. The van der Waals surface area contributed by atoms with Gasteiger partial charge in [-0.25, -0.2) is 0 Å². The van der Waals surface area contributed by atoms with Gasteiger partial charge in [0.15, 0.2) is 0 Å². The summed E-state index contributed by atoms with van der Waals surface area (Å²) in [5.74, 6) is -0.809. The van der Waals surface area contributed by atoms with Gasteiger partial charge in [-0.1, -0.05) is 134 Å². The number of carboxylic acids is 1. The first-order valence-corrected chi connectivity index (χ1v) is 16.0. The van der Waals surface area contributed by atoms with E-state index in [2.05, 4.69) is 38.2 Å². The summed E-state index contributed by atoms with van der Waals surface area (Å²) in [6.07, 6.45) is 37.7. The van der Waals surface area contributed by atoms with Crippen molar-refractivity contribution in [3.05, 3.63) is 36.5 Å². The highest BCUT2D eigenvalue weighted by Crippen LogP contribution is 2.14. The smallest absolute Gasteiger partial charge is 0.306 e. The molecule has 4 nitrogen and oxygen atoms in total. The number of allylic oxidation sites excluding steroid dienone is 4. The molecular formula is C34H60O4. The second-order valence-corrected chi connectivity index (χ2v) is 10.6. The maximum Gasteiger partial charge on any atom is 0.306 e. The van der Waals surface area contributed by atoms with Gasteiger partial charge in [0, 0.05) is 12.8 Å². The third kappa shape index (κ3) is 28.7. The molecule has 0 spiro atoms. The zero-order valence-corrected chi connectivity index (χ0v) is 25.0. The van der Waals surface area contributed by atoms with Gasteiger partial charge in [0.05, 0.1) is 0 Å². The molecule has 1 atom stereocenters. The summed E-state index contributed by atoms with van der Waals surface area (Å²) in [4.78, 5) is 23.0. The lowest BCUT2D eigenvalue weighted by atomic mass is 10.0. The Balaban J connectivity index is 4.05. The molecule has 0 unspecified atom stereocenters. The van der Waals surface area contributed by atoms with Gasteiger partial charge in [0.2, 0.25) is 0 Å². The first-order chi connectivity index (χ1) is 18.6. The predicted molar refractivity (Wildman–Crippen MR) is 162 cm³/mol. The van der Waals surface area contributed by atoms with Crippen LogP contribution in [0.4, 0.5) is 0 Å². The Bertz CT molecular complexity index is 620. The van der Waals surface area contributed by atoms with Gasteiger partial charge in [0.25, 0.3) is 0 Å². The molecule has 0 aromatic carbocycles. The molecule has 220 valence electrons. The van der Waals surface area contributed by atoms with Crippen molar-refractivity contribution in [3.63, 3.8) is 0 Å². The van der Waals surface area contributed by atoms with E-state index in [-0.39, 0.29) is 18.5 Å². The highest BCUT2D eigenvalue weighted by atomic mass is 16.5. The minimum Gasteiger partial charge on any atom is -0.481 e. The second kappa shape index (κ2) is 29.7. The number of carbonyl (C=O) groups is 2. The average Bonchev–Trinajstić information content (AvgIpc) is 2.89. The SMILES string of the molecule is CC/C=C\C/C=C\[C@@H](/C=C\CCCCCCCC(=O)O)OC(=O)CCCCCCCCCCCCCCC. The molecular weight excluding hydrogens is 472 g/mol. The van der Waals surface area contributed by atoms with Crippen molar-refractivity contribution < 1.29 is 19.4 Å². The third-order valence-corrected chi connectivity index (χ3v) is 6.84. The Kier molecular flexibility index (Phi) is 28.3. The molecule has 0 fully saturated rings. The van der Waals surface area contributed by atoms with Crippen LogP contribution in [0.1, 0.15) is 162 Å². The van der Waals surface area contributed by atoms with E-state index in [9.17, 15) is 9.59 Å². The molecule has 0 bridgehead atoms. The maximum absolute atomic E-state index is 12.4. The van der Waals surface area contributed by atoms with Crippen LogP contribution in [0.2, 0.25) is 0 Å². The number of carboxylic acid groups (broad SMARTS) is 1. The molecule has 0 aromatic heterocycles. The molecule has 4 heteroatoms. The first kappa shape index (κ1) is 36.2.